The number of phosphoric ester groups is 1. The number of anilines is 1. The maximum atomic E-state index is 13.5. The van der Waals surface area contributed by atoms with E-state index in [2.05, 4.69) is 24.5 Å². The Bertz CT molecular complexity index is 1200. The number of amides is 1. The minimum absolute atomic E-state index is 0.000744. The minimum Gasteiger partial charge on any atom is -0.403 e. The molecular weight excluding hydrogens is 768 g/mol. The molecule has 1 aromatic rings. The van der Waals surface area contributed by atoms with Crippen LogP contribution in [0.5, 0.6) is 5.75 Å². The summed E-state index contributed by atoms with van der Waals surface area (Å²) >= 11 is 0. The van der Waals surface area contributed by atoms with Crippen molar-refractivity contribution in [3.05, 3.63) is 23.8 Å². The first kappa shape index (κ1) is 56.3. The monoisotopic (exact) mass is 863 g/mol. The number of hydrogen-bond acceptors (Lipinski definition) is 6. The van der Waals surface area contributed by atoms with E-state index in [1.54, 1.807) is 19.2 Å². The van der Waals surface area contributed by atoms with E-state index in [1.807, 2.05) is 0 Å². The lowest BCUT2D eigenvalue weighted by Gasteiger charge is -2.16. The molecule has 1 atom stereocenters. The van der Waals surface area contributed by atoms with Gasteiger partial charge in [0.05, 0.1) is 12.2 Å². The first-order valence-electron chi connectivity index (χ1n) is 25.6. The van der Waals surface area contributed by atoms with Crippen LogP contribution < -0.4 is 15.2 Å². The molecule has 1 unspecified atom stereocenters. The third kappa shape index (κ3) is 34.8. The second kappa shape index (κ2) is 41.3. The van der Waals surface area contributed by atoms with Gasteiger partial charge in [0, 0.05) is 25.1 Å². The van der Waals surface area contributed by atoms with E-state index in [-0.39, 0.29) is 29.6 Å². The number of Topliss-reactive ketones (excluding diaryl/α,β-unsaturated/α-hetero) is 1. The molecule has 3 N–H and O–H groups in total. The summed E-state index contributed by atoms with van der Waals surface area (Å²) < 4.78 is 23.1. The number of nitrogens with one attached hydrogen (secondary N) is 2. The zero-order valence-electron chi connectivity index (χ0n) is 39.5. The van der Waals surface area contributed by atoms with Gasteiger partial charge in [-0.1, -0.05) is 232 Å². The Morgan fingerprint density at radius 2 is 0.883 bits per heavy atom. The van der Waals surface area contributed by atoms with Gasteiger partial charge in [-0.15, -0.1) is 0 Å². The third-order valence-electron chi connectivity index (χ3n) is 11.9. The van der Waals surface area contributed by atoms with Gasteiger partial charge >= 0.3 is 7.82 Å². The van der Waals surface area contributed by atoms with Crippen molar-refractivity contribution in [3.63, 3.8) is 0 Å². The Labute approximate surface area is 370 Å². The van der Waals surface area contributed by atoms with Gasteiger partial charge in [0.1, 0.15) is 5.75 Å². The highest BCUT2D eigenvalue weighted by atomic mass is 31.2. The van der Waals surface area contributed by atoms with E-state index in [4.69, 9.17) is 9.05 Å². The van der Waals surface area contributed by atoms with Gasteiger partial charge in [-0.2, -0.15) is 0 Å². The molecular formula is C51H95N2O6P. The number of rotatable bonds is 46. The first-order chi connectivity index (χ1) is 29.3. The molecule has 0 heterocycles. The normalized spacial score (nSPS) is 12.5. The summed E-state index contributed by atoms with van der Waals surface area (Å²) in [5, 5.41) is 5.80. The number of hydrogen-bond donors (Lipinski definition) is 3. The lowest BCUT2D eigenvalue weighted by Crippen LogP contribution is -2.15. The fourth-order valence-electron chi connectivity index (χ4n) is 8.05. The number of carbonyl (C=O) groups is 2. The Balaban J connectivity index is 2.32. The standard InChI is InChI=1S/C51H95N2O6P/c1-4-6-8-10-12-14-16-18-20-21-22-23-24-25-27-28-30-32-34-36-38-40-49(54)48-46-47(42-43-50(48)59-60(56,57)58-45-44-52-3)53-51(55)41-39-37-35-33-31-29-26-19-17-15-13-11-9-7-5-2/h42-43,46,52H,4-41,44-45H2,1-3H3,(H,53,55)(H,56,57). The summed E-state index contributed by atoms with van der Waals surface area (Å²) in [5.41, 5.74) is 0.679. The summed E-state index contributed by atoms with van der Waals surface area (Å²) in [7, 11) is -2.72. The molecule has 8 nitrogen and oxygen atoms in total. The molecule has 0 fully saturated rings. The van der Waals surface area contributed by atoms with Crippen LogP contribution in [-0.4, -0.2) is 36.8 Å². The molecule has 1 rings (SSSR count). The van der Waals surface area contributed by atoms with E-state index in [0.717, 1.165) is 38.5 Å². The fourth-order valence-corrected chi connectivity index (χ4v) is 8.83. The molecule has 350 valence electrons. The highest BCUT2D eigenvalue weighted by molar-refractivity contribution is 7.47. The minimum atomic E-state index is -4.44. The SMILES string of the molecule is CCCCCCCCCCCCCCCCCCCCCCCC(=O)c1cc(NC(=O)CCCCCCCCCCCCCCCCC)ccc1OP(=O)(O)OCCNC. The predicted molar refractivity (Wildman–Crippen MR) is 257 cm³/mol. The highest BCUT2D eigenvalue weighted by Crippen LogP contribution is 2.45. The Morgan fingerprint density at radius 1 is 0.533 bits per heavy atom. The maximum Gasteiger partial charge on any atom is 0.527 e. The predicted octanol–water partition coefficient (Wildman–Crippen LogP) is 16.4. The third-order valence-corrected chi connectivity index (χ3v) is 12.8. The molecule has 0 aliphatic rings. The molecule has 0 saturated carbocycles. The molecule has 0 radical (unpaired) electrons. The van der Waals surface area contributed by atoms with Crippen LogP contribution in [0.1, 0.15) is 268 Å². The maximum absolute atomic E-state index is 13.5. The number of carbonyl (C=O) groups excluding carboxylic acids is 2. The van der Waals surface area contributed by atoms with Crippen LogP contribution in [0, 0.1) is 0 Å². The van der Waals surface area contributed by atoms with Gasteiger partial charge in [-0.05, 0) is 38.1 Å². The Hall–Kier alpha value is -1.73. The van der Waals surface area contributed by atoms with Crippen LogP contribution in [0.2, 0.25) is 0 Å². The molecule has 0 aliphatic heterocycles. The second-order valence-electron chi connectivity index (χ2n) is 17.7. The van der Waals surface area contributed by atoms with Crippen molar-refractivity contribution >= 4 is 25.2 Å². The summed E-state index contributed by atoms with van der Waals surface area (Å²) in [5.74, 6) is -0.264. The van der Waals surface area contributed by atoms with Crippen LogP contribution in [-0.2, 0) is 13.9 Å². The van der Waals surface area contributed by atoms with Gasteiger partial charge in [0.15, 0.2) is 5.78 Å². The molecule has 0 bridgehead atoms. The van der Waals surface area contributed by atoms with Crippen molar-refractivity contribution in [1.82, 2.24) is 5.32 Å². The second-order valence-corrected chi connectivity index (χ2v) is 19.1. The zero-order valence-corrected chi connectivity index (χ0v) is 40.3. The molecule has 1 amide bonds. The van der Waals surface area contributed by atoms with E-state index < -0.39 is 7.82 Å². The number of likely N-dealkylation sites (N-methyl/N-ethyl adjacent to an activating group) is 1. The smallest absolute Gasteiger partial charge is 0.403 e. The Morgan fingerprint density at radius 3 is 1.25 bits per heavy atom. The van der Waals surface area contributed by atoms with Crippen LogP contribution in [0.3, 0.4) is 0 Å². The summed E-state index contributed by atoms with van der Waals surface area (Å²) in [6.45, 7) is 4.92. The first-order valence-corrected chi connectivity index (χ1v) is 27.1. The van der Waals surface area contributed by atoms with Gasteiger partial charge in [0.25, 0.3) is 0 Å². The van der Waals surface area contributed by atoms with Crippen molar-refractivity contribution in [1.29, 1.82) is 0 Å². The van der Waals surface area contributed by atoms with Crippen molar-refractivity contribution in [2.75, 3.05) is 25.5 Å². The van der Waals surface area contributed by atoms with E-state index in [0.29, 0.717) is 25.1 Å². The van der Waals surface area contributed by atoms with Gasteiger partial charge in [0.2, 0.25) is 5.91 Å². The fraction of sp³-hybridized carbons (Fsp3) is 0.843. The molecule has 9 heteroatoms. The van der Waals surface area contributed by atoms with Crippen LogP contribution in [0.25, 0.3) is 0 Å². The van der Waals surface area contributed by atoms with Crippen LogP contribution >= 0.6 is 7.82 Å². The van der Waals surface area contributed by atoms with Gasteiger partial charge in [-0.3, -0.25) is 19.0 Å². The largest absolute Gasteiger partial charge is 0.527 e. The van der Waals surface area contributed by atoms with E-state index in [9.17, 15) is 19.0 Å². The summed E-state index contributed by atoms with van der Waals surface area (Å²) in [6, 6.07) is 4.68. The molecule has 0 spiro atoms. The lowest BCUT2D eigenvalue weighted by molar-refractivity contribution is -0.116. The van der Waals surface area contributed by atoms with Crippen molar-refractivity contribution < 1.29 is 28.1 Å². The van der Waals surface area contributed by atoms with Gasteiger partial charge < -0.3 is 15.2 Å². The average molecular weight is 863 g/mol. The van der Waals surface area contributed by atoms with Crippen molar-refractivity contribution in [2.45, 2.75) is 258 Å². The summed E-state index contributed by atoms with van der Waals surface area (Å²) in [6.07, 6.45) is 47.3. The summed E-state index contributed by atoms with van der Waals surface area (Å²) in [4.78, 5) is 36.6. The van der Waals surface area contributed by atoms with Crippen molar-refractivity contribution in [2.24, 2.45) is 0 Å². The van der Waals surface area contributed by atoms with Crippen LogP contribution in [0.15, 0.2) is 18.2 Å². The zero-order chi connectivity index (χ0) is 43.6. The quantitative estimate of drug-likeness (QED) is 0.0340. The van der Waals surface area contributed by atoms with Crippen molar-refractivity contribution in [3.8, 4) is 5.75 Å². The van der Waals surface area contributed by atoms with E-state index >= 15 is 0 Å². The molecule has 60 heavy (non-hydrogen) atoms. The number of ketones is 1. The molecule has 0 aliphatic carbocycles. The van der Waals surface area contributed by atoms with E-state index in [1.165, 1.54) is 199 Å². The average Bonchev–Trinajstić information content (AvgIpc) is 3.23. The molecule has 0 saturated heterocycles. The number of unbranched alkanes of at least 4 members (excludes halogenated alkanes) is 34. The topological polar surface area (TPSA) is 114 Å². The lowest BCUT2D eigenvalue weighted by atomic mass is 10.0. The molecule has 1 aromatic carbocycles. The molecule has 0 aromatic heterocycles. The Kier molecular flexibility index (Phi) is 38.7. The number of phosphoric acid groups is 1. The highest BCUT2D eigenvalue weighted by Gasteiger charge is 2.26. The number of benzene rings is 1. The van der Waals surface area contributed by atoms with Gasteiger partial charge in [-0.25, -0.2) is 4.57 Å². The van der Waals surface area contributed by atoms with Crippen LogP contribution in [0.4, 0.5) is 5.69 Å².